The van der Waals surface area contributed by atoms with Crippen LogP contribution in [-0.2, 0) is 5.41 Å². The Morgan fingerprint density at radius 2 is 0.846 bits per heavy atom. The fourth-order valence-corrected chi connectivity index (χ4v) is 6.46. The Kier molecular flexibility index (Phi) is 5.45. The summed E-state index contributed by atoms with van der Waals surface area (Å²) in [5, 5.41) is 3.04. The molecule has 0 atom stereocenters. The summed E-state index contributed by atoms with van der Waals surface area (Å²) < 4.78 is 0. The van der Waals surface area contributed by atoms with Crippen molar-refractivity contribution in [1.29, 1.82) is 0 Å². The minimum Gasteiger partial charge on any atom is -0.276 e. The molecule has 0 radical (unpaired) electrons. The van der Waals surface area contributed by atoms with E-state index in [0.717, 1.165) is 32.7 Å². The predicted molar refractivity (Wildman–Crippen MR) is 159 cm³/mol. The predicted octanol–water partition coefficient (Wildman–Crippen LogP) is 9.11. The van der Waals surface area contributed by atoms with Crippen molar-refractivity contribution in [3.8, 4) is 11.1 Å². The number of benzene rings is 6. The molecule has 0 saturated heterocycles. The summed E-state index contributed by atoms with van der Waals surface area (Å²) in [6.07, 6.45) is 0. The standard InChI is InChI=1S/C35H20Cl2O2/c36-33(38)25-11-9-23-19-27(15-13-21(23)17-25)35(28-16-14-22-18-26(34(37)39)12-10-24(22)20-28)31-7-3-1-5-29(31)30-6-2-4-8-32(30)35/h1-20H. The molecule has 0 aromatic heterocycles. The van der Waals surface area contributed by atoms with Crippen molar-refractivity contribution < 1.29 is 9.59 Å². The number of hydrogen-bond donors (Lipinski definition) is 0. The maximum atomic E-state index is 11.8. The van der Waals surface area contributed by atoms with Gasteiger partial charge in [-0.2, -0.15) is 0 Å². The average molecular weight is 543 g/mol. The highest BCUT2D eigenvalue weighted by Crippen LogP contribution is 2.56. The van der Waals surface area contributed by atoms with Gasteiger partial charge in [0, 0.05) is 11.1 Å². The second-order valence-electron chi connectivity index (χ2n) is 9.94. The van der Waals surface area contributed by atoms with Crippen molar-refractivity contribution in [3.05, 3.63) is 155 Å². The van der Waals surface area contributed by atoms with Crippen LogP contribution in [0.2, 0.25) is 0 Å². The molecular weight excluding hydrogens is 523 g/mol. The van der Waals surface area contributed by atoms with E-state index >= 15 is 0 Å². The van der Waals surface area contributed by atoms with E-state index in [4.69, 9.17) is 23.2 Å². The molecule has 186 valence electrons. The Morgan fingerprint density at radius 1 is 0.462 bits per heavy atom. The number of hydrogen-bond acceptors (Lipinski definition) is 2. The van der Waals surface area contributed by atoms with E-state index in [1.807, 2.05) is 24.3 Å². The molecular formula is C35H20Cl2O2. The number of carbonyl (C=O) groups is 2. The highest BCUT2D eigenvalue weighted by atomic mass is 35.5. The third kappa shape index (κ3) is 3.56. The lowest BCUT2D eigenvalue weighted by molar-refractivity contribution is 0.107. The second-order valence-corrected chi connectivity index (χ2v) is 10.6. The van der Waals surface area contributed by atoms with Crippen molar-refractivity contribution in [2.24, 2.45) is 0 Å². The van der Waals surface area contributed by atoms with Crippen LogP contribution in [-0.4, -0.2) is 10.5 Å². The topological polar surface area (TPSA) is 34.1 Å². The van der Waals surface area contributed by atoms with Crippen LogP contribution in [0, 0.1) is 0 Å². The van der Waals surface area contributed by atoms with E-state index in [1.54, 1.807) is 12.1 Å². The first-order valence-electron chi connectivity index (χ1n) is 12.6. The van der Waals surface area contributed by atoms with Gasteiger partial charge in [0.1, 0.15) is 0 Å². The van der Waals surface area contributed by atoms with Crippen molar-refractivity contribution in [1.82, 2.24) is 0 Å². The van der Waals surface area contributed by atoms with E-state index in [9.17, 15) is 9.59 Å². The Bertz CT molecular complexity index is 1840. The Morgan fingerprint density at radius 3 is 1.28 bits per heavy atom. The monoisotopic (exact) mass is 542 g/mol. The molecule has 4 heteroatoms. The fourth-order valence-electron chi connectivity index (χ4n) is 6.23. The van der Waals surface area contributed by atoms with Gasteiger partial charge in [0.2, 0.25) is 0 Å². The summed E-state index contributed by atoms with van der Waals surface area (Å²) in [7, 11) is 0. The van der Waals surface area contributed by atoms with Crippen molar-refractivity contribution >= 4 is 55.2 Å². The third-order valence-corrected chi connectivity index (χ3v) is 8.39. The first-order valence-corrected chi connectivity index (χ1v) is 13.4. The molecule has 7 rings (SSSR count). The van der Waals surface area contributed by atoms with Crippen LogP contribution in [0.3, 0.4) is 0 Å². The van der Waals surface area contributed by atoms with Gasteiger partial charge in [-0.3, -0.25) is 9.59 Å². The summed E-state index contributed by atoms with van der Waals surface area (Å²) >= 11 is 11.5. The molecule has 1 aliphatic carbocycles. The molecule has 0 aliphatic heterocycles. The van der Waals surface area contributed by atoms with Gasteiger partial charge in [-0.1, -0.05) is 84.9 Å². The largest absolute Gasteiger partial charge is 0.276 e. The third-order valence-electron chi connectivity index (χ3n) is 7.95. The molecule has 0 saturated carbocycles. The van der Waals surface area contributed by atoms with Crippen molar-refractivity contribution in [3.63, 3.8) is 0 Å². The summed E-state index contributed by atoms with van der Waals surface area (Å²) in [4.78, 5) is 23.6. The molecule has 39 heavy (non-hydrogen) atoms. The van der Waals surface area contributed by atoms with Crippen LogP contribution < -0.4 is 0 Å². The fraction of sp³-hybridized carbons (Fsp3) is 0.0286. The molecule has 1 aliphatic rings. The zero-order chi connectivity index (χ0) is 26.7. The van der Waals surface area contributed by atoms with Gasteiger partial charge in [-0.05, 0) is 115 Å². The van der Waals surface area contributed by atoms with Gasteiger partial charge >= 0.3 is 0 Å². The molecule has 2 nitrogen and oxygen atoms in total. The number of fused-ring (bicyclic) bond motifs is 5. The van der Waals surface area contributed by atoms with Crippen LogP contribution >= 0.6 is 23.2 Å². The first kappa shape index (κ1) is 23.8. The number of halogens is 2. The lowest BCUT2D eigenvalue weighted by atomic mass is 9.67. The van der Waals surface area contributed by atoms with E-state index < -0.39 is 15.9 Å². The van der Waals surface area contributed by atoms with E-state index in [1.165, 1.54) is 22.3 Å². The zero-order valence-electron chi connectivity index (χ0n) is 20.6. The van der Waals surface area contributed by atoms with Gasteiger partial charge < -0.3 is 0 Å². The maximum absolute atomic E-state index is 11.8. The summed E-state index contributed by atoms with van der Waals surface area (Å²) in [6, 6.07) is 41.2. The molecule has 0 N–H and O–H groups in total. The lowest BCUT2D eigenvalue weighted by Gasteiger charge is -2.34. The van der Waals surface area contributed by atoms with Gasteiger partial charge in [-0.25, -0.2) is 0 Å². The zero-order valence-corrected chi connectivity index (χ0v) is 22.1. The smallest absolute Gasteiger partial charge is 0.252 e. The maximum Gasteiger partial charge on any atom is 0.252 e. The van der Waals surface area contributed by atoms with E-state index in [0.29, 0.717) is 11.1 Å². The molecule has 6 aromatic carbocycles. The highest BCUT2D eigenvalue weighted by Gasteiger charge is 2.46. The summed E-state index contributed by atoms with van der Waals surface area (Å²) in [6.45, 7) is 0. The Hall–Kier alpha value is -4.24. The van der Waals surface area contributed by atoms with Crippen LogP contribution in [0.4, 0.5) is 0 Å². The molecule has 0 bridgehead atoms. The molecule has 0 fully saturated rings. The lowest BCUT2D eigenvalue weighted by Crippen LogP contribution is -2.28. The Labute approximate surface area is 235 Å². The average Bonchev–Trinajstić information content (AvgIpc) is 3.27. The number of rotatable bonds is 4. The van der Waals surface area contributed by atoms with E-state index in [2.05, 4.69) is 84.9 Å². The van der Waals surface area contributed by atoms with Crippen LogP contribution in [0.1, 0.15) is 43.0 Å². The molecule has 0 unspecified atom stereocenters. The Balaban J connectivity index is 1.56. The quantitative estimate of drug-likeness (QED) is 0.208. The minimum atomic E-state index is -0.572. The van der Waals surface area contributed by atoms with E-state index in [-0.39, 0.29) is 0 Å². The van der Waals surface area contributed by atoms with Gasteiger partial charge in [-0.15, -0.1) is 0 Å². The summed E-state index contributed by atoms with van der Waals surface area (Å²) in [5.41, 5.74) is 7.49. The highest BCUT2D eigenvalue weighted by molar-refractivity contribution is 6.68. The second kappa shape index (κ2) is 8.91. The molecule has 6 aromatic rings. The molecule has 0 amide bonds. The van der Waals surface area contributed by atoms with Crippen LogP contribution in [0.15, 0.2) is 121 Å². The number of carbonyl (C=O) groups excluding carboxylic acids is 2. The minimum absolute atomic E-state index is 0.466. The molecule has 0 spiro atoms. The summed E-state index contributed by atoms with van der Waals surface area (Å²) in [5.74, 6) is 0. The SMILES string of the molecule is O=C(Cl)c1ccc2cc(C3(c4ccc5cc(C(=O)Cl)ccc5c4)c4ccccc4-c4ccccc43)ccc2c1. The molecule has 0 heterocycles. The van der Waals surface area contributed by atoms with Crippen molar-refractivity contribution in [2.75, 3.05) is 0 Å². The van der Waals surface area contributed by atoms with Crippen LogP contribution in [0.25, 0.3) is 32.7 Å². The van der Waals surface area contributed by atoms with Crippen molar-refractivity contribution in [2.45, 2.75) is 5.41 Å². The normalized spacial score (nSPS) is 13.3. The van der Waals surface area contributed by atoms with Crippen LogP contribution in [0.5, 0.6) is 0 Å². The van der Waals surface area contributed by atoms with Gasteiger partial charge in [0.05, 0.1) is 5.41 Å². The van der Waals surface area contributed by atoms with Gasteiger partial charge in [0.15, 0.2) is 0 Å². The van der Waals surface area contributed by atoms with Gasteiger partial charge in [0.25, 0.3) is 10.5 Å². The first-order chi connectivity index (χ1) is 19.0.